The molecule has 0 unspecified atom stereocenters. The first kappa shape index (κ1) is 14.9. The summed E-state index contributed by atoms with van der Waals surface area (Å²) < 4.78 is 27.8. The summed E-state index contributed by atoms with van der Waals surface area (Å²) in [6, 6.07) is 3.40. The van der Waals surface area contributed by atoms with E-state index in [2.05, 4.69) is 5.32 Å². The van der Waals surface area contributed by atoms with Crippen LogP contribution in [0.5, 0.6) is 0 Å². The van der Waals surface area contributed by atoms with E-state index in [9.17, 15) is 13.2 Å². The van der Waals surface area contributed by atoms with Crippen molar-refractivity contribution in [2.24, 2.45) is 5.92 Å². The van der Waals surface area contributed by atoms with Crippen LogP contribution in [-0.4, -0.2) is 44.4 Å². The third kappa shape index (κ3) is 4.56. The maximum absolute atomic E-state index is 12.0. The Hall–Kier alpha value is -1.50. The van der Waals surface area contributed by atoms with E-state index in [1.54, 1.807) is 23.3 Å². The Bertz CT molecular complexity index is 539. The third-order valence-corrected chi connectivity index (χ3v) is 4.42. The molecule has 0 aliphatic carbocycles. The van der Waals surface area contributed by atoms with E-state index in [0.717, 1.165) is 12.8 Å². The average Bonchev–Trinajstić information content (AvgIpc) is 2.87. The molecule has 112 valence electrons. The molecule has 7 heteroatoms. The van der Waals surface area contributed by atoms with Crippen molar-refractivity contribution in [1.82, 2.24) is 10.2 Å². The topological polar surface area (TPSA) is 79.6 Å². The van der Waals surface area contributed by atoms with Crippen molar-refractivity contribution in [3.8, 4) is 0 Å². The third-order valence-electron chi connectivity index (χ3n) is 3.34. The van der Waals surface area contributed by atoms with Crippen LogP contribution in [0.15, 0.2) is 22.8 Å². The van der Waals surface area contributed by atoms with Crippen LogP contribution < -0.4 is 5.32 Å². The summed E-state index contributed by atoms with van der Waals surface area (Å²) in [4.78, 5) is 13.7. The maximum atomic E-state index is 12.0. The molecule has 1 N–H and O–H groups in total. The van der Waals surface area contributed by atoms with Gasteiger partial charge in [-0.05, 0) is 30.9 Å². The van der Waals surface area contributed by atoms with Crippen molar-refractivity contribution < 1.29 is 17.6 Å². The summed E-state index contributed by atoms with van der Waals surface area (Å²) in [7, 11) is -2.99. The largest absolute Gasteiger partial charge is 0.467 e. The number of hydrogen-bond donors (Lipinski definition) is 1. The number of likely N-dealkylation sites (tertiary alicyclic amines) is 1. The van der Waals surface area contributed by atoms with Crippen LogP contribution in [0.3, 0.4) is 0 Å². The Balaban J connectivity index is 1.83. The zero-order valence-electron chi connectivity index (χ0n) is 11.5. The SMILES string of the molecule is CS(=O)(=O)C[C@H]1CCCN(C(=O)NCc2ccco2)C1. The first-order valence-electron chi connectivity index (χ1n) is 6.67. The van der Waals surface area contributed by atoms with Gasteiger partial charge in [0.05, 0.1) is 18.6 Å². The molecular weight excluding hydrogens is 280 g/mol. The normalized spacial score (nSPS) is 19.9. The molecule has 1 saturated heterocycles. The van der Waals surface area contributed by atoms with Gasteiger partial charge >= 0.3 is 6.03 Å². The lowest BCUT2D eigenvalue weighted by Gasteiger charge is -2.32. The number of furan rings is 1. The predicted octanol–water partition coefficient (Wildman–Crippen LogP) is 1.25. The number of rotatable bonds is 4. The molecule has 2 amide bonds. The molecule has 1 aromatic rings. The number of sulfone groups is 1. The number of amides is 2. The maximum Gasteiger partial charge on any atom is 0.317 e. The van der Waals surface area contributed by atoms with Gasteiger partial charge in [0.15, 0.2) is 0 Å². The molecule has 20 heavy (non-hydrogen) atoms. The fourth-order valence-corrected chi connectivity index (χ4v) is 3.63. The fraction of sp³-hybridized carbons (Fsp3) is 0.615. The van der Waals surface area contributed by atoms with E-state index in [-0.39, 0.29) is 17.7 Å². The number of nitrogens with zero attached hydrogens (tertiary/aromatic N) is 1. The highest BCUT2D eigenvalue weighted by atomic mass is 32.2. The molecule has 1 aromatic heterocycles. The van der Waals surface area contributed by atoms with Gasteiger partial charge in [-0.3, -0.25) is 0 Å². The molecule has 1 fully saturated rings. The second-order valence-electron chi connectivity index (χ2n) is 5.28. The molecule has 1 atom stereocenters. The summed E-state index contributed by atoms with van der Waals surface area (Å²) in [6.07, 6.45) is 4.50. The second-order valence-corrected chi connectivity index (χ2v) is 7.47. The molecule has 2 heterocycles. The standard InChI is InChI=1S/C13H20N2O4S/c1-20(17,18)10-11-4-2-6-15(9-11)13(16)14-8-12-5-3-7-19-12/h3,5,7,11H,2,4,6,8-10H2,1H3,(H,14,16)/t11-/m0/s1. The highest BCUT2D eigenvalue weighted by Crippen LogP contribution is 2.18. The smallest absolute Gasteiger partial charge is 0.317 e. The van der Waals surface area contributed by atoms with Crippen molar-refractivity contribution in [1.29, 1.82) is 0 Å². The Morgan fingerprint density at radius 2 is 2.35 bits per heavy atom. The summed E-state index contributed by atoms with van der Waals surface area (Å²) in [5.74, 6) is 0.880. The lowest BCUT2D eigenvalue weighted by atomic mass is 10.0. The minimum Gasteiger partial charge on any atom is -0.467 e. The second kappa shape index (κ2) is 6.30. The zero-order valence-corrected chi connectivity index (χ0v) is 12.4. The van der Waals surface area contributed by atoms with Crippen molar-refractivity contribution in [3.05, 3.63) is 24.2 Å². The van der Waals surface area contributed by atoms with Crippen LogP contribution in [0.25, 0.3) is 0 Å². The van der Waals surface area contributed by atoms with Crippen molar-refractivity contribution in [2.45, 2.75) is 19.4 Å². The molecule has 0 radical (unpaired) electrons. The van der Waals surface area contributed by atoms with E-state index in [1.807, 2.05) is 0 Å². The highest BCUT2D eigenvalue weighted by Gasteiger charge is 2.25. The number of urea groups is 1. The van der Waals surface area contributed by atoms with Gasteiger partial charge in [0.1, 0.15) is 15.6 Å². The van der Waals surface area contributed by atoms with Gasteiger partial charge in [-0.15, -0.1) is 0 Å². The van der Waals surface area contributed by atoms with Gasteiger partial charge < -0.3 is 14.6 Å². The van der Waals surface area contributed by atoms with Gasteiger partial charge in [0, 0.05) is 19.3 Å². The van der Waals surface area contributed by atoms with Crippen molar-refractivity contribution >= 4 is 15.9 Å². The molecule has 0 aromatic carbocycles. The number of carbonyl (C=O) groups excluding carboxylic acids is 1. The predicted molar refractivity (Wildman–Crippen MR) is 75.0 cm³/mol. The highest BCUT2D eigenvalue weighted by molar-refractivity contribution is 7.90. The van der Waals surface area contributed by atoms with Crippen LogP contribution in [-0.2, 0) is 16.4 Å². The van der Waals surface area contributed by atoms with Crippen LogP contribution in [0.1, 0.15) is 18.6 Å². The molecule has 2 rings (SSSR count). The Labute approximate surface area is 119 Å². The van der Waals surface area contributed by atoms with Crippen LogP contribution in [0.4, 0.5) is 4.79 Å². The lowest BCUT2D eigenvalue weighted by molar-refractivity contribution is 0.169. The van der Waals surface area contributed by atoms with E-state index < -0.39 is 9.84 Å². The first-order chi connectivity index (χ1) is 9.44. The summed E-state index contributed by atoms with van der Waals surface area (Å²) in [6.45, 7) is 1.51. The van der Waals surface area contributed by atoms with Gasteiger partial charge in [-0.1, -0.05) is 0 Å². The molecule has 1 aliphatic heterocycles. The number of hydrogen-bond acceptors (Lipinski definition) is 4. The minimum absolute atomic E-state index is 0.0353. The lowest BCUT2D eigenvalue weighted by Crippen LogP contribution is -2.46. The quantitative estimate of drug-likeness (QED) is 0.907. The molecular formula is C13H20N2O4S. The fourth-order valence-electron chi connectivity index (χ4n) is 2.50. The molecule has 0 saturated carbocycles. The monoisotopic (exact) mass is 300 g/mol. The number of carbonyl (C=O) groups is 1. The van der Waals surface area contributed by atoms with Crippen molar-refractivity contribution in [2.75, 3.05) is 25.1 Å². The van der Waals surface area contributed by atoms with Crippen molar-refractivity contribution in [3.63, 3.8) is 0 Å². The summed E-state index contributed by atoms with van der Waals surface area (Å²) in [5, 5.41) is 2.78. The van der Waals surface area contributed by atoms with Gasteiger partial charge in [-0.25, -0.2) is 13.2 Å². The molecule has 0 bridgehead atoms. The first-order valence-corrected chi connectivity index (χ1v) is 8.73. The Morgan fingerprint density at radius 1 is 1.55 bits per heavy atom. The van der Waals surface area contributed by atoms with E-state index in [1.165, 1.54) is 6.26 Å². The van der Waals surface area contributed by atoms with E-state index >= 15 is 0 Å². The van der Waals surface area contributed by atoms with E-state index in [0.29, 0.717) is 25.4 Å². The summed E-state index contributed by atoms with van der Waals surface area (Å²) in [5.41, 5.74) is 0. The number of nitrogens with one attached hydrogen (secondary N) is 1. The van der Waals surface area contributed by atoms with Crippen LogP contribution in [0, 0.1) is 5.92 Å². The van der Waals surface area contributed by atoms with Crippen LogP contribution in [0.2, 0.25) is 0 Å². The molecule has 6 nitrogen and oxygen atoms in total. The van der Waals surface area contributed by atoms with E-state index in [4.69, 9.17) is 4.42 Å². The Kier molecular flexibility index (Phi) is 4.69. The average molecular weight is 300 g/mol. The Morgan fingerprint density at radius 3 is 3.00 bits per heavy atom. The van der Waals surface area contributed by atoms with Gasteiger partial charge in [-0.2, -0.15) is 0 Å². The molecule has 1 aliphatic rings. The zero-order chi connectivity index (χ0) is 14.6. The van der Waals surface area contributed by atoms with Gasteiger partial charge in [0.2, 0.25) is 0 Å². The van der Waals surface area contributed by atoms with Gasteiger partial charge in [0.25, 0.3) is 0 Å². The summed E-state index contributed by atoms with van der Waals surface area (Å²) >= 11 is 0. The van der Waals surface area contributed by atoms with Crippen LogP contribution >= 0.6 is 0 Å². The molecule has 0 spiro atoms. The number of piperidine rings is 1. The minimum atomic E-state index is -2.99.